The van der Waals surface area contributed by atoms with Gasteiger partial charge in [0.2, 0.25) is 0 Å². The lowest BCUT2D eigenvalue weighted by atomic mass is 10.1. The minimum absolute atomic E-state index is 0.125. The summed E-state index contributed by atoms with van der Waals surface area (Å²) < 4.78 is 1.60. The van der Waals surface area contributed by atoms with Gasteiger partial charge in [0, 0.05) is 25.4 Å². The molecule has 1 atom stereocenters. The second kappa shape index (κ2) is 6.11. The maximum Gasteiger partial charge on any atom is 0.253 e. The third-order valence-electron chi connectivity index (χ3n) is 2.81. The Morgan fingerprint density at radius 3 is 2.90 bits per heavy atom. The lowest BCUT2D eigenvalue weighted by Gasteiger charge is -2.11. The molecular formula is C13H16ClN5O2. The average Bonchev–Trinajstić information content (AvgIpc) is 2.84. The number of nitrogens with one attached hydrogen (secondary N) is 1. The minimum Gasteiger partial charge on any atom is -0.396 e. The molecule has 1 amide bonds. The number of pyridine rings is 1. The van der Waals surface area contributed by atoms with E-state index < -0.39 is 12.0 Å². The van der Waals surface area contributed by atoms with Gasteiger partial charge in [0.25, 0.3) is 5.91 Å². The van der Waals surface area contributed by atoms with Gasteiger partial charge in [-0.05, 0) is 13.0 Å². The van der Waals surface area contributed by atoms with Crippen molar-refractivity contribution in [1.29, 1.82) is 0 Å². The number of halogens is 1. The molecule has 2 aromatic heterocycles. The molecule has 2 aromatic rings. The van der Waals surface area contributed by atoms with E-state index in [1.807, 2.05) is 0 Å². The van der Waals surface area contributed by atoms with Crippen LogP contribution >= 0.6 is 11.6 Å². The van der Waals surface area contributed by atoms with Crippen LogP contribution in [0.2, 0.25) is 5.15 Å². The fraction of sp³-hybridized carbons (Fsp3) is 0.308. The van der Waals surface area contributed by atoms with Crippen molar-refractivity contribution >= 4 is 23.2 Å². The minimum atomic E-state index is -0.648. The number of amides is 1. The number of nitrogens with zero attached hydrogens (tertiary/aromatic N) is 3. The predicted octanol–water partition coefficient (Wildman–Crippen LogP) is 0.828. The summed E-state index contributed by atoms with van der Waals surface area (Å²) in [5.41, 5.74) is 7.52. The summed E-state index contributed by atoms with van der Waals surface area (Å²) in [6.45, 7) is 1.70. The Balaban J connectivity index is 2.39. The topological polar surface area (TPSA) is 106 Å². The highest BCUT2D eigenvalue weighted by Crippen LogP contribution is 2.28. The van der Waals surface area contributed by atoms with Crippen molar-refractivity contribution in [1.82, 2.24) is 20.1 Å². The van der Waals surface area contributed by atoms with Gasteiger partial charge < -0.3 is 16.2 Å². The molecule has 0 aliphatic heterocycles. The molecular weight excluding hydrogens is 294 g/mol. The number of hydrogen-bond donors (Lipinski definition) is 3. The Bertz CT molecular complexity index is 669. The first-order chi connectivity index (χ1) is 9.88. The smallest absolute Gasteiger partial charge is 0.253 e. The van der Waals surface area contributed by atoms with Crippen LogP contribution in [0.15, 0.2) is 18.5 Å². The Labute approximate surface area is 126 Å². The first kappa shape index (κ1) is 15.3. The van der Waals surface area contributed by atoms with Gasteiger partial charge >= 0.3 is 0 Å². The van der Waals surface area contributed by atoms with Gasteiger partial charge in [-0.25, -0.2) is 4.98 Å². The highest BCUT2D eigenvalue weighted by atomic mass is 35.5. The SMILES string of the molecule is CC(O)CNC(=O)c1cc(Cl)nc(-c2cnn(C)c2)c1N. The first-order valence-electron chi connectivity index (χ1n) is 6.29. The van der Waals surface area contributed by atoms with E-state index in [9.17, 15) is 9.90 Å². The number of nitrogen functional groups attached to an aromatic ring is 1. The van der Waals surface area contributed by atoms with Crippen molar-refractivity contribution < 1.29 is 9.90 Å². The van der Waals surface area contributed by atoms with Crippen LogP contribution in [0.1, 0.15) is 17.3 Å². The molecule has 4 N–H and O–H groups in total. The van der Waals surface area contributed by atoms with Crippen LogP contribution in [0.5, 0.6) is 0 Å². The largest absolute Gasteiger partial charge is 0.396 e. The zero-order valence-electron chi connectivity index (χ0n) is 11.7. The van der Waals surface area contributed by atoms with Gasteiger partial charge in [-0.2, -0.15) is 5.10 Å². The van der Waals surface area contributed by atoms with Crippen LogP contribution in [0.25, 0.3) is 11.3 Å². The molecule has 112 valence electrons. The van der Waals surface area contributed by atoms with Gasteiger partial charge in [-0.1, -0.05) is 11.6 Å². The van der Waals surface area contributed by atoms with Crippen molar-refractivity contribution in [3.63, 3.8) is 0 Å². The van der Waals surface area contributed by atoms with Crippen molar-refractivity contribution in [3.8, 4) is 11.3 Å². The van der Waals surface area contributed by atoms with Crippen LogP contribution < -0.4 is 11.1 Å². The third-order valence-corrected chi connectivity index (χ3v) is 3.00. The van der Waals surface area contributed by atoms with Gasteiger partial charge in [-0.15, -0.1) is 0 Å². The Kier molecular flexibility index (Phi) is 4.44. The van der Waals surface area contributed by atoms with Gasteiger partial charge in [0.1, 0.15) is 5.15 Å². The van der Waals surface area contributed by atoms with E-state index in [2.05, 4.69) is 15.4 Å². The van der Waals surface area contributed by atoms with Crippen LogP contribution in [0.3, 0.4) is 0 Å². The number of aliphatic hydroxyl groups is 1. The standard InChI is InChI=1S/C13H16ClN5O2/c1-7(20)4-16-13(21)9-3-10(14)18-12(11(9)15)8-5-17-19(2)6-8/h3,5-7,20H,4,15H2,1-2H3,(H,16,21). The van der Waals surface area contributed by atoms with E-state index in [4.69, 9.17) is 17.3 Å². The fourth-order valence-electron chi connectivity index (χ4n) is 1.81. The summed E-state index contributed by atoms with van der Waals surface area (Å²) in [7, 11) is 1.76. The zero-order valence-corrected chi connectivity index (χ0v) is 12.4. The number of carbonyl (C=O) groups excluding carboxylic acids is 1. The lowest BCUT2D eigenvalue weighted by Crippen LogP contribution is -2.31. The normalized spacial score (nSPS) is 12.2. The van der Waals surface area contributed by atoms with E-state index in [1.165, 1.54) is 6.07 Å². The van der Waals surface area contributed by atoms with Gasteiger partial charge in [0.15, 0.2) is 0 Å². The molecule has 0 bridgehead atoms. The molecule has 1 unspecified atom stereocenters. The van der Waals surface area contributed by atoms with Crippen molar-refractivity contribution in [2.45, 2.75) is 13.0 Å². The second-order valence-corrected chi connectivity index (χ2v) is 5.10. The quantitative estimate of drug-likeness (QED) is 0.725. The van der Waals surface area contributed by atoms with Gasteiger partial charge in [0.05, 0.1) is 29.2 Å². The number of carbonyl (C=O) groups is 1. The first-order valence-corrected chi connectivity index (χ1v) is 6.67. The molecule has 0 fully saturated rings. The lowest BCUT2D eigenvalue weighted by molar-refractivity contribution is 0.0925. The predicted molar refractivity (Wildman–Crippen MR) is 79.9 cm³/mol. The molecule has 0 aliphatic carbocycles. The molecule has 0 spiro atoms. The molecule has 2 heterocycles. The van der Waals surface area contributed by atoms with Crippen LogP contribution in [-0.4, -0.2) is 38.4 Å². The summed E-state index contributed by atoms with van der Waals surface area (Å²) >= 11 is 5.96. The molecule has 2 rings (SSSR count). The fourth-order valence-corrected chi connectivity index (χ4v) is 2.00. The Morgan fingerprint density at radius 2 is 2.33 bits per heavy atom. The number of nitrogens with two attached hydrogens (primary N) is 1. The zero-order chi connectivity index (χ0) is 15.6. The van der Waals surface area contributed by atoms with Crippen LogP contribution in [-0.2, 0) is 7.05 Å². The van der Waals surface area contributed by atoms with Gasteiger partial charge in [-0.3, -0.25) is 9.48 Å². The van der Waals surface area contributed by atoms with Crippen LogP contribution in [0.4, 0.5) is 5.69 Å². The Morgan fingerprint density at radius 1 is 1.62 bits per heavy atom. The molecule has 0 saturated carbocycles. The number of aromatic nitrogens is 3. The van der Waals surface area contributed by atoms with E-state index in [-0.39, 0.29) is 22.9 Å². The average molecular weight is 310 g/mol. The third kappa shape index (κ3) is 3.50. The summed E-state index contributed by atoms with van der Waals surface area (Å²) in [4.78, 5) is 16.3. The number of aryl methyl sites for hydroxylation is 1. The van der Waals surface area contributed by atoms with E-state index >= 15 is 0 Å². The molecule has 8 heteroatoms. The monoisotopic (exact) mass is 309 g/mol. The maximum absolute atomic E-state index is 12.1. The molecule has 0 aliphatic rings. The molecule has 0 saturated heterocycles. The Hall–Kier alpha value is -2.12. The molecule has 21 heavy (non-hydrogen) atoms. The second-order valence-electron chi connectivity index (χ2n) is 4.72. The molecule has 0 radical (unpaired) electrons. The van der Waals surface area contributed by atoms with E-state index in [0.717, 1.165) is 0 Å². The highest BCUT2D eigenvalue weighted by molar-refractivity contribution is 6.30. The van der Waals surface area contributed by atoms with Crippen molar-refractivity contribution in [2.75, 3.05) is 12.3 Å². The summed E-state index contributed by atoms with van der Waals surface area (Å²) in [6.07, 6.45) is 2.67. The molecule has 0 aromatic carbocycles. The van der Waals surface area contributed by atoms with Crippen LogP contribution in [0, 0.1) is 0 Å². The highest BCUT2D eigenvalue weighted by Gasteiger charge is 2.17. The van der Waals surface area contributed by atoms with E-state index in [1.54, 1.807) is 31.0 Å². The molecule has 7 nitrogen and oxygen atoms in total. The van der Waals surface area contributed by atoms with Crippen molar-refractivity contribution in [3.05, 3.63) is 29.2 Å². The van der Waals surface area contributed by atoms with Crippen molar-refractivity contribution in [2.24, 2.45) is 7.05 Å². The number of aliphatic hydroxyl groups excluding tert-OH is 1. The summed E-state index contributed by atoms with van der Waals surface area (Å²) in [6, 6.07) is 1.40. The number of anilines is 1. The number of hydrogen-bond acceptors (Lipinski definition) is 5. The number of rotatable bonds is 4. The maximum atomic E-state index is 12.1. The summed E-state index contributed by atoms with van der Waals surface area (Å²) in [5, 5.41) is 16.0. The summed E-state index contributed by atoms with van der Waals surface area (Å²) in [5.74, 6) is -0.414. The van der Waals surface area contributed by atoms with E-state index in [0.29, 0.717) is 11.3 Å².